The van der Waals surface area contributed by atoms with Gasteiger partial charge in [0.2, 0.25) is 5.91 Å². The fourth-order valence-electron chi connectivity index (χ4n) is 5.23. The Hall–Kier alpha value is -1.84. The Labute approximate surface area is 130 Å². The number of nitrogens with zero attached hydrogens (tertiary/aromatic N) is 1. The normalized spacial score (nSPS) is 35.9. The number of amides is 1. The summed E-state index contributed by atoms with van der Waals surface area (Å²) in [6, 6.07) is 6.77. The van der Waals surface area contributed by atoms with Gasteiger partial charge in [-0.05, 0) is 86.1 Å². The van der Waals surface area contributed by atoms with Crippen LogP contribution in [0.4, 0.5) is 0 Å². The van der Waals surface area contributed by atoms with E-state index in [9.17, 15) is 9.90 Å². The Morgan fingerprint density at radius 3 is 2.18 bits per heavy atom. The van der Waals surface area contributed by atoms with Gasteiger partial charge in [0.25, 0.3) is 0 Å². The van der Waals surface area contributed by atoms with E-state index in [1.807, 2.05) is 0 Å². The van der Waals surface area contributed by atoms with E-state index < -0.39 is 0 Å². The molecular weight excluding hydrogens is 276 g/mol. The highest BCUT2D eigenvalue weighted by Gasteiger charge is 2.54. The third-order valence-corrected chi connectivity index (χ3v) is 5.79. The van der Waals surface area contributed by atoms with Gasteiger partial charge in [0.1, 0.15) is 5.75 Å². The molecule has 0 aliphatic heterocycles. The topological polar surface area (TPSA) is 61.7 Å². The number of benzene rings is 1. The van der Waals surface area contributed by atoms with Gasteiger partial charge >= 0.3 is 0 Å². The van der Waals surface area contributed by atoms with Crippen molar-refractivity contribution in [3.05, 3.63) is 29.8 Å². The summed E-state index contributed by atoms with van der Waals surface area (Å²) in [5.74, 6) is 2.63. The first kappa shape index (κ1) is 13.8. The van der Waals surface area contributed by atoms with Crippen molar-refractivity contribution in [2.45, 2.75) is 38.5 Å². The monoisotopic (exact) mass is 298 g/mol. The van der Waals surface area contributed by atoms with Crippen molar-refractivity contribution in [3.63, 3.8) is 0 Å². The minimum Gasteiger partial charge on any atom is -0.508 e. The molecule has 4 heteroatoms. The Morgan fingerprint density at radius 1 is 1.09 bits per heavy atom. The highest BCUT2D eigenvalue weighted by Crippen LogP contribution is 2.60. The summed E-state index contributed by atoms with van der Waals surface area (Å²) in [4.78, 5) is 12.7. The third kappa shape index (κ3) is 2.40. The van der Waals surface area contributed by atoms with Crippen LogP contribution < -0.4 is 5.43 Å². The molecule has 1 aromatic carbocycles. The molecule has 0 heterocycles. The summed E-state index contributed by atoms with van der Waals surface area (Å²) in [5.41, 5.74) is 3.48. The van der Waals surface area contributed by atoms with Crippen LogP contribution in [0, 0.1) is 23.2 Å². The predicted molar refractivity (Wildman–Crippen MR) is 84.4 cm³/mol. The van der Waals surface area contributed by atoms with Crippen molar-refractivity contribution in [2.75, 3.05) is 0 Å². The zero-order valence-corrected chi connectivity index (χ0v) is 12.7. The average molecular weight is 298 g/mol. The molecule has 4 aliphatic rings. The number of phenols is 1. The molecule has 1 amide bonds. The second-order valence-electron chi connectivity index (χ2n) is 7.49. The molecule has 1 aromatic rings. The largest absolute Gasteiger partial charge is 0.508 e. The van der Waals surface area contributed by atoms with E-state index in [-0.39, 0.29) is 17.1 Å². The molecule has 0 aromatic heterocycles. The van der Waals surface area contributed by atoms with Gasteiger partial charge in [-0.1, -0.05) is 0 Å². The van der Waals surface area contributed by atoms with Crippen LogP contribution in [0.25, 0.3) is 0 Å². The highest BCUT2D eigenvalue weighted by molar-refractivity contribution is 5.85. The van der Waals surface area contributed by atoms with Crippen LogP contribution in [0.3, 0.4) is 0 Å². The molecule has 5 rings (SSSR count). The highest BCUT2D eigenvalue weighted by atomic mass is 16.3. The molecule has 0 spiro atoms. The summed E-state index contributed by atoms with van der Waals surface area (Å²) in [6.07, 6.45) is 8.81. The lowest BCUT2D eigenvalue weighted by Crippen LogP contribution is -2.52. The number of aromatic hydroxyl groups is 1. The van der Waals surface area contributed by atoms with Crippen molar-refractivity contribution in [2.24, 2.45) is 28.3 Å². The van der Waals surface area contributed by atoms with Crippen LogP contribution in [0.2, 0.25) is 0 Å². The number of hydrogen-bond acceptors (Lipinski definition) is 3. The zero-order chi connectivity index (χ0) is 15.2. The maximum atomic E-state index is 12.7. The standard InChI is InChI=1S/C18H22N2O2/c21-16-3-1-12(2-4-16)11-19-20-17(22)18-8-13-5-14(9-18)7-15(6-13)10-18/h1-4,11,13-15,21H,5-10H2,(H,20,22). The second-order valence-corrected chi connectivity index (χ2v) is 7.49. The van der Waals surface area contributed by atoms with E-state index in [0.717, 1.165) is 42.6 Å². The van der Waals surface area contributed by atoms with Crippen LogP contribution in [0.5, 0.6) is 5.75 Å². The zero-order valence-electron chi connectivity index (χ0n) is 12.7. The lowest BCUT2D eigenvalue weighted by Gasteiger charge is -2.55. The number of carbonyl (C=O) groups is 1. The first-order chi connectivity index (χ1) is 10.6. The van der Waals surface area contributed by atoms with E-state index in [0.29, 0.717) is 0 Å². The quantitative estimate of drug-likeness (QED) is 0.665. The molecule has 2 N–H and O–H groups in total. The van der Waals surface area contributed by atoms with Crippen molar-refractivity contribution in [1.82, 2.24) is 5.43 Å². The minimum absolute atomic E-state index is 0.113. The number of hydrazone groups is 1. The molecule has 4 nitrogen and oxygen atoms in total. The van der Waals surface area contributed by atoms with Crippen LogP contribution in [-0.4, -0.2) is 17.2 Å². The van der Waals surface area contributed by atoms with E-state index in [4.69, 9.17) is 0 Å². The summed E-state index contributed by atoms with van der Waals surface area (Å²) >= 11 is 0. The number of nitrogens with one attached hydrogen (secondary N) is 1. The summed E-state index contributed by atoms with van der Waals surface area (Å²) < 4.78 is 0. The lowest BCUT2D eigenvalue weighted by molar-refractivity contribution is -0.146. The molecule has 4 fully saturated rings. The maximum absolute atomic E-state index is 12.7. The SMILES string of the molecule is O=C(NN=Cc1ccc(O)cc1)C12CC3CC(CC(C3)C1)C2. The van der Waals surface area contributed by atoms with Crippen LogP contribution in [-0.2, 0) is 4.79 Å². The summed E-state index contributed by atoms with van der Waals surface area (Å²) in [7, 11) is 0. The van der Waals surface area contributed by atoms with Gasteiger partial charge in [-0.3, -0.25) is 4.79 Å². The maximum Gasteiger partial charge on any atom is 0.246 e. The van der Waals surface area contributed by atoms with Gasteiger partial charge in [0, 0.05) is 0 Å². The van der Waals surface area contributed by atoms with Crippen LogP contribution >= 0.6 is 0 Å². The molecule has 0 unspecified atom stereocenters. The van der Waals surface area contributed by atoms with Crippen molar-refractivity contribution in [1.29, 1.82) is 0 Å². The first-order valence-corrected chi connectivity index (χ1v) is 8.25. The molecule has 0 atom stereocenters. The van der Waals surface area contributed by atoms with Gasteiger partial charge in [-0.15, -0.1) is 0 Å². The Bertz CT molecular complexity index is 571. The molecule has 4 saturated carbocycles. The van der Waals surface area contributed by atoms with Crippen LogP contribution in [0.15, 0.2) is 29.4 Å². The Balaban J connectivity index is 1.43. The first-order valence-electron chi connectivity index (χ1n) is 8.25. The predicted octanol–water partition coefficient (Wildman–Crippen LogP) is 3.06. The van der Waals surface area contributed by atoms with E-state index in [1.54, 1.807) is 30.5 Å². The third-order valence-electron chi connectivity index (χ3n) is 5.79. The van der Waals surface area contributed by atoms with Gasteiger partial charge in [-0.2, -0.15) is 5.10 Å². The van der Waals surface area contributed by atoms with Crippen molar-refractivity contribution >= 4 is 12.1 Å². The molecule has 116 valence electrons. The van der Waals surface area contributed by atoms with Crippen molar-refractivity contribution in [3.8, 4) is 5.75 Å². The Kier molecular flexibility index (Phi) is 3.21. The van der Waals surface area contributed by atoms with Gasteiger partial charge < -0.3 is 5.11 Å². The molecule has 0 saturated heterocycles. The van der Waals surface area contributed by atoms with Crippen LogP contribution in [0.1, 0.15) is 44.1 Å². The lowest BCUT2D eigenvalue weighted by atomic mass is 9.49. The van der Waals surface area contributed by atoms with E-state index >= 15 is 0 Å². The van der Waals surface area contributed by atoms with E-state index in [2.05, 4.69) is 10.5 Å². The minimum atomic E-state index is -0.152. The number of carbonyl (C=O) groups excluding carboxylic acids is 1. The van der Waals surface area contributed by atoms with Gasteiger partial charge in [0.05, 0.1) is 11.6 Å². The molecule has 22 heavy (non-hydrogen) atoms. The molecule has 0 radical (unpaired) electrons. The van der Waals surface area contributed by atoms with E-state index in [1.165, 1.54) is 19.3 Å². The van der Waals surface area contributed by atoms with Gasteiger partial charge in [0.15, 0.2) is 0 Å². The molecule has 4 aliphatic carbocycles. The number of rotatable bonds is 3. The number of hydrogen-bond donors (Lipinski definition) is 2. The fourth-order valence-corrected chi connectivity index (χ4v) is 5.23. The Morgan fingerprint density at radius 2 is 1.64 bits per heavy atom. The summed E-state index contributed by atoms with van der Waals surface area (Å²) in [6.45, 7) is 0. The molecule has 4 bridgehead atoms. The van der Waals surface area contributed by atoms with Crippen molar-refractivity contribution < 1.29 is 9.90 Å². The number of phenolic OH excluding ortho intramolecular Hbond substituents is 1. The fraction of sp³-hybridized carbons (Fsp3) is 0.556. The van der Waals surface area contributed by atoms with Gasteiger partial charge in [-0.25, -0.2) is 5.43 Å². The second kappa shape index (κ2) is 5.11. The molecular formula is C18H22N2O2. The average Bonchev–Trinajstić information content (AvgIpc) is 2.48. The summed E-state index contributed by atoms with van der Waals surface area (Å²) in [5, 5.41) is 13.4. The smallest absolute Gasteiger partial charge is 0.246 e.